The number of anilines is 1. The van der Waals surface area contributed by atoms with E-state index in [0.717, 1.165) is 29.8 Å². The van der Waals surface area contributed by atoms with E-state index in [4.69, 9.17) is 4.74 Å². The Bertz CT molecular complexity index is 641. The van der Waals surface area contributed by atoms with Crippen molar-refractivity contribution < 1.29 is 9.53 Å². The maximum Gasteiger partial charge on any atom is 0.262 e. The highest BCUT2D eigenvalue weighted by Gasteiger charge is 2.21. The summed E-state index contributed by atoms with van der Waals surface area (Å²) in [7, 11) is 0. The van der Waals surface area contributed by atoms with Crippen LogP contribution in [0.5, 0.6) is 5.88 Å². The van der Waals surface area contributed by atoms with Crippen LogP contribution in [-0.4, -0.2) is 22.3 Å². The summed E-state index contributed by atoms with van der Waals surface area (Å²) in [6.45, 7) is 5.45. The van der Waals surface area contributed by atoms with Crippen LogP contribution in [0.4, 0.5) is 5.69 Å². The first kappa shape index (κ1) is 12.7. The van der Waals surface area contributed by atoms with Crippen LogP contribution in [-0.2, 0) is 6.54 Å². The highest BCUT2D eigenvalue weighted by atomic mass is 16.5. The smallest absolute Gasteiger partial charge is 0.262 e. The van der Waals surface area contributed by atoms with Gasteiger partial charge in [0.15, 0.2) is 0 Å². The van der Waals surface area contributed by atoms with Gasteiger partial charge in [0, 0.05) is 18.7 Å². The number of hydrogen-bond donors (Lipinski definition) is 1. The standard InChI is InChI=1S/C15H17N3O2/c1-10-6-11(2)8-12(7-10)17-14(19)13-9-16-18-4-3-5-20-15(13)18/h6-9H,3-5H2,1-2H3,(H,17,19). The van der Waals surface area contributed by atoms with Gasteiger partial charge in [0.2, 0.25) is 5.88 Å². The van der Waals surface area contributed by atoms with Gasteiger partial charge in [-0.15, -0.1) is 0 Å². The number of benzene rings is 1. The first-order valence-corrected chi connectivity index (χ1v) is 6.72. The second-order valence-electron chi connectivity index (χ2n) is 5.12. The molecule has 1 amide bonds. The van der Waals surface area contributed by atoms with Gasteiger partial charge in [-0.3, -0.25) is 4.79 Å². The van der Waals surface area contributed by atoms with Crippen molar-refractivity contribution in [2.24, 2.45) is 0 Å². The lowest BCUT2D eigenvalue weighted by molar-refractivity contribution is 0.102. The summed E-state index contributed by atoms with van der Waals surface area (Å²) in [5.41, 5.74) is 3.52. The number of carbonyl (C=O) groups is 1. The van der Waals surface area contributed by atoms with Crippen LogP contribution in [0, 0.1) is 13.8 Å². The van der Waals surface area contributed by atoms with E-state index < -0.39 is 0 Å². The van der Waals surface area contributed by atoms with E-state index in [1.807, 2.05) is 26.0 Å². The van der Waals surface area contributed by atoms with E-state index in [1.165, 1.54) is 0 Å². The monoisotopic (exact) mass is 271 g/mol. The van der Waals surface area contributed by atoms with Gasteiger partial charge in [-0.05, 0) is 37.1 Å². The SMILES string of the molecule is Cc1cc(C)cc(NC(=O)c2cnn3c2OCCC3)c1. The molecule has 5 heteroatoms. The minimum absolute atomic E-state index is 0.182. The zero-order valence-electron chi connectivity index (χ0n) is 11.6. The second kappa shape index (κ2) is 5.00. The zero-order chi connectivity index (χ0) is 14.1. The van der Waals surface area contributed by atoms with Crippen molar-refractivity contribution in [3.63, 3.8) is 0 Å². The van der Waals surface area contributed by atoms with Gasteiger partial charge in [-0.25, -0.2) is 4.68 Å². The third-order valence-electron chi connectivity index (χ3n) is 3.27. The first-order valence-electron chi connectivity index (χ1n) is 6.72. The van der Waals surface area contributed by atoms with Crippen LogP contribution in [0.15, 0.2) is 24.4 Å². The molecule has 0 bridgehead atoms. The Morgan fingerprint density at radius 2 is 2.05 bits per heavy atom. The summed E-state index contributed by atoms with van der Waals surface area (Å²) in [6.07, 6.45) is 2.49. The van der Waals surface area contributed by atoms with E-state index in [2.05, 4.69) is 16.5 Å². The predicted octanol–water partition coefficient (Wildman–Crippen LogP) is 2.53. The normalized spacial score (nSPS) is 13.5. The molecule has 1 N–H and O–H groups in total. The summed E-state index contributed by atoms with van der Waals surface area (Å²) in [6, 6.07) is 5.96. The Morgan fingerprint density at radius 1 is 1.30 bits per heavy atom. The quantitative estimate of drug-likeness (QED) is 0.913. The summed E-state index contributed by atoms with van der Waals surface area (Å²) < 4.78 is 7.28. The van der Waals surface area contributed by atoms with Crippen LogP contribution in [0.2, 0.25) is 0 Å². The maximum atomic E-state index is 12.3. The number of carbonyl (C=O) groups excluding carboxylic acids is 1. The third kappa shape index (κ3) is 2.39. The Balaban J connectivity index is 1.84. The first-order chi connectivity index (χ1) is 9.63. The molecule has 5 nitrogen and oxygen atoms in total. The molecule has 0 fully saturated rings. The number of nitrogens with zero attached hydrogens (tertiary/aromatic N) is 2. The molecule has 2 aromatic rings. The van der Waals surface area contributed by atoms with Crippen molar-refractivity contribution in [1.82, 2.24) is 9.78 Å². The molecular formula is C15H17N3O2. The van der Waals surface area contributed by atoms with Crippen LogP contribution < -0.4 is 10.1 Å². The Kier molecular flexibility index (Phi) is 3.18. The number of amides is 1. The Hall–Kier alpha value is -2.30. The van der Waals surface area contributed by atoms with E-state index in [9.17, 15) is 4.79 Å². The highest BCUT2D eigenvalue weighted by molar-refractivity contribution is 6.05. The van der Waals surface area contributed by atoms with Crippen molar-refractivity contribution in [2.75, 3.05) is 11.9 Å². The molecule has 2 heterocycles. The number of nitrogens with one attached hydrogen (secondary N) is 1. The Morgan fingerprint density at radius 3 is 2.80 bits per heavy atom. The fourth-order valence-corrected chi connectivity index (χ4v) is 2.47. The van der Waals surface area contributed by atoms with Gasteiger partial charge in [0.25, 0.3) is 5.91 Å². The summed E-state index contributed by atoms with van der Waals surface area (Å²) in [4.78, 5) is 12.3. The van der Waals surface area contributed by atoms with E-state index in [0.29, 0.717) is 18.1 Å². The van der Waals surface area contributed by atoms with Gasteiger partial charge >= 0.3 is 0 Å². The molecule has 0 atom stereocenters. The molecule has 20 heavy (non-hydrogen) atoms. The van der Waals surface area contributed by atoms with Crippen LogP contribution in [0.25, 0.3) is 0 Å². The molecule has 1 aromatic heterocycles. The van der Waals surface area contributed by atoms with Gasteiger partial charge in [0.1, 0.15) is 5.56 Å². The summed E-state index contributed by atoms with van der Waals surface area (Å²) in [5.74, 6) is 0.385. The summed E-state index contributed by atoms with van der Waals surface area (Å²) >= 11 is 0. The fourth-order valence-electron chi connectivity index (χ4n) is 2.47. The third-order valence-corrected chi connectivity index (χ3v) is 3.27. The van der Waals surface area contributed by atoms with Gasteiger partial charge < -0.3 is 10.1 Å². The molecule has 1 aliphatic rings. The largest absolute Gasteiger partial charge is 0.477 e. The average Bonchev–Trinajstić information content (AvgIpc) is 2.81. The molecule has 0 saturated heterocycles. The average molecular weight is 271 g/mol. The highest BCUT2D eigenvalue weighted by Crippen LogP contribution is 2.23. The van der Waals surface area contributed by atoms with Crippen molar-refractivity contribution in [3.05, 3.63) is 41.1 Å². The Labute approximate surface area is 117 Å². The molecule has 0 radical (unpaired) electrons. The lowest BCUT2D eigenvalue weighted by Crippen LogP contribution is -2.18. The number of ether oxygens (including phenoxy) is 1. The predicted molar refractivity (Wildman–Crippen MR) is 76.2 cm³/mol. The number of rotatable bonds is 2. The lowest BCUT2D eigenvalue weighted by Gasteiger charge is -2.16. The molecule has 0 saturated carbocycles. The van der Waals surface area contributed by atoms with Crippen LogP contribution in [0.3, 0.4) is 0 Å². The van der Waals surface area contributed by atoms with Crippen molar-refractivity contribution in [2.45, 2.75) is 26.8 Å². The van der Waals surface area contributed by atoms with E-state index in [1.54, 1.807) is 10.9 Å². The van der Waals surface area contributed by atoms with E-state index in [-0.39, 0.29) is 5.91 Å². The number of aryl methyl sites for hydroxylation is 3. The molecule has 3 rings (SSSR count). The minimum atomic E-state index is -0.182. The molecular weight excluding hydrogens is 254 g/mol. The topological polar surface area (TPSA) is 56.2 Å². The molecule has 104 valence electrons. The molecule has 1 aliphatic heterocycles. The van der Waals surface area contributed by atoms with Crippen molar-refractivity contribution >= 4 is 11.6 Å². The summed E-state index contributed by atoms with van der Waals surface area (Å²) in [5, 5.41) is 7.09. The maximum absolute atomic E-state index is 12.3. The molecule has 1 aromatic carbocycles. The molecule has 0 unspecified atom stereocenters. The lowest BCUT2D eigenvalue weighted by atomic mass is 10.1. The molecule has 0 aliphatic carbocycles. The van der Waals surface area contributed by atoms with Gasteiger partial charge in [-0.1, -0.05) is 6.07 Å². The van der Waals surface area contributed by atoms with Crippen LogP contribution >= 0.6 is 0 Å². The van der Waals surface area contributed by atoms with Gasteiger partial charge in [0.05, 0.1) is 12.8 Å². The van der Waals surface area contributed by atoms with Crippen molar-refractivity contribution in [1.29, 1.82) is 0 Å². The number of hydrogen-bond acceptors (Lipinski definition) is 3. The zero-order valence-corrected chi connectivity index (χ0v) is 11.6. The minimum Gasteiger partial charge on any atom is -0.477 e. The second-order valence-corrected chi connectivity index (χ2v) is 5.12. The fraction of sp³-hybridized carbons (Fsp3) is 0.333. The van der Waals surface area contributed by atoms with Crippen LogP contribution in [0.1, 0.15) is 27.9 Å². The molecule has 0 spiro atoms. The van der Waals surface area contributed by atoms with Gasteiger partial charge in [-0.2, -0.15) is 5.10 Å². The van der Waals surface area contributed by atoms with E-state index >= 15 is 0 Å². The number of fused-ring (bicyclic) bond motifs is 1. The van der Waals surface area contributed by atoms with Crippen molar-refractivity contribution in [3.8, 4) is 5.88 Å². The number of aromatic nitrogens is 2.